The number of aliphatic hydroxyl groups is 1. The van der Waals surface area contributed by atoms with E-state index in [0.717, 1.165) is 22.7 Å². The van der Waals surface area contributed by atoms with Crippen LogP contribution >= 0.6 is 11.6 Å². The average molecular weight is 400 g/mol. The molecule has 3 rings (SSSR count). The lowest BCUT2D eigenvalue weighted by molar-refractivity contribution is -0.137. The van der Waals surface area contributed by atoms with Gasteiger partial charge in [0.1, 0.15) is 0 Å². The van der Waals surface area contributed by atoms with Gasteiger partial charge in [-0.15, -0.1) is 0 Å². The van der Waals surface area contributed by atoms with Crippen LogP contribution in [0.2, 0.25) is 5.02 Å². The fourth-order valence-electron chi connectivity index (χ4n) is 3.31. The second-order valence-electron chi connectivity index (χ2n) is 6.35. The van der Waals surface area contributed by atoms with Gasteiger partial charge in [0.05, 0.1) is 28.1 Å². The van der Waals surface area contributed by atoms with Gasteiger partial charge in [-0.1, -0.05) is 17.7 Å². The van der Waals surface area contributed by atoms with Gasteiger partial charge in [-0.2, -0.15) is 13.2 Å². The highest BCUT2D eigenvalue weighted by Crippen LogP contribution is 2.41. The molecule has 0 spiro atoms. The Bertz CT molecular complexity index is 889. The summed E-state index contributed by atoms with van der Waals surface area (Å²) in [5.41, 5.74) is 6.10. The molecular formula is C18H17ClF3N3O2. The summed E-state index contributed by atoms with van der Waals surface area (Å²) in [6.45, 7) is 0.409. The zero-order valence-electron chi connectivity index (χ0n) is 14.3. The van der Waals surface area contributed by atoms with Gasteiger partial charge in [0.25, 0.3) is 0 Å². The van der Waals surface area contributed by atoms with E-state index >= 15 is 0 Å². The number of anilines is 3. The average Bonchev–Trinajstić information content (AvgIpc) is 2.55. The molecule has 2 aromatic carbocycles. The number of β-amino-alcohol motifs (C(OH)–C–C–N with tert-alkyl or cyclic N) is 1. The molecule has 9 heteroatoms. The molecule has 0 saturated heterocycles. The topological polar surface area (TPSA) is 69.8 Å². The van der Waals surface area contributed by atoms with E-state index in [2.05, 4.69) is 0 Å². The molecule has 144 valence electrons. The number of hydrogen-bond acceptors (Lipinski definition) is 3. The van der Waals surface area contributed by atoms with E-state index in [0.29, 0.717) is 17.8 Å². The molecular weight excluding hydrogens is 383 g/mol. The van der Waals surface area contributed by atoms with Gasteiger partial charge in [0.2, 0.25) is 0 Å². The summed E-state index contributed by atoms with van der Waals surface area (Å²) in [7, 11) is 1.78. The van der Waals surface area contributed by atoms with E-state index in [1.54, 1.807) is 19.2 Å². The van der Waals surface area contributed by atoms with Gasteiger partial charge < -0.3 is 15.7 Å². The number of alkyl halides is 3. The molecule has 0 fully saturated rings. The molecule has 5 nitrogen and oxygen atoms in total. The standard InChI is InChI=1S/C18H17ClF3N3O2/c1-24-9-11(26)8-12-15(24)3-2-4-16(12)25(17(23)27)10-5-6-14(19)13(7-10)18(20,21)22/h2-7,11,26H,8-9H2,1H3,(H2,23,27). The number of rotatable bonds is 2. The number of aliphatic hydroxyl groups excluding tert-OH is 1. The van der Waals surface area contributed by atoms with Crippen molar-refractivity contribution in [2.24, 2.45) is 5.73 Å². The van der Waals surface area contributed by atoms with E-state index in [1.807, 2.05) is 11.0 Å². The van der Waals surface area contributed by atoms with Crippen LogP contribution in [-0.2, 0) is 12.6 Å². The van der Waals surface area contributed by atoms with Gasteiger partial charge in [-0.3, -0.25) is 4.90 Å². The Morgan fingerprint density at radius 3 is 2.67 bits per heavy atom. The summed E-state index contributed by atoms with van der Waals surface area (Å²) < 4.78 is 39.6. The molecule has 0 aromatic heterocycles. The van der Waals surface area contributed by atoms with Gasteiger partial charge in [-0.05, 0) is 30.3 Å². The normalized spacial score (nSPS) is 16.8. The molecule has 27 heavy (non-hydrogen) atoms. The van der Waals surface area contributed by atoms with Crippen LogP contribution in [0.25, 0.3) is 0 Å². The lowest BCUT2D eigenvalue weighted by Gasteiger charge is -2.34. The molecule has 0 aliphatic carbocycles. The highest BCUT2D eigenvalue weighted by Gasteiger charge is 2.35. The van der Waals surface area contributed by atoms with Crippen LogP contribution < -0.4 is 15.5 Å². The highest BCUT2D eigenvalue weighted by molar-refractivity contribution is 6.31. The van der Waals surface area contributed by atoms with Crippen molar-refractivity contribution in [3.05, 3.63) is 52.5 Å². The molecule has 1 atom stereocenters. The number of amides is 2. The third kappa shape index (κ3) is 3.68. The Morgan fingerprint density at radius 2 is 2.04 bits per heavy atom. The van der Waals surface area contributed by atoms with Crippen molar-refractivity contribution in [2.45, 2.75) is 18.7 Å². The van der Waals surface area contributed by atoms with Crippen molar-refractivity contribution in [1.82, 2.24) is 0 Å². The molecule has 0 bridgehead atoms. The Balaban J connectivity index is 2.17. The Morgan fingerprint density at radius 1 is 1.33 bits per heavy atom. The van der Waals surface area contributed by atoms with Crippen molar-refractivity contribution >= 4 is 34.7 Å². The van der Waals surface area contributed by atoms with Crippen molar-refractivity contribution in [2.75, 3.05) is 23.4 Å². The van der Waals surface area contributed by atoms with E-state index < -0.39 is 28.9 Å². The third-order valence-corrected chi connectivity index (χ3v) is 4.77. The minimum atomic E-state index is -4.68. The summed E-state index contributed by atoms with van der Waals surface area (Å²) in [4.78, 5) is 15.0. The van der Waals surface area contributed by atoms with Gasteiger partial charge >= 0.3 is 12.2 Å². The number of primary amides is 1. The Labute approximate surface area is 158 Å². The predicted molar refractivity (Wildman–Crippen MR) is 97.6 cm³/mol. The maximum absolute atomic E-state index is 13.2. The molecule has 1 heterocycles. The first-order chi connectivity index (χ1) is 12.6. The largest absolute Gasteiger partial charge is 0.417 e. The van der Waals surface area contributed by atoms with Crippen LogP contribution in [0, 0.1) is 0 Å². The summed E-state index contributed by atoms with van der Waals surface area (Å²) in [5.74, 6) is 0. The first-order valence-electron chi connectivity index (χ1n) is 8.07. The molecule has 1 unspecified atom stereocenters. The van der Waals surface area contributed by atoms with Crippen LogP contribution in [0.4, 0.5) is 35.0 Å². The Hall–Kier alpha value is -2.45. The van der Waals surface area contributed by atoms with Crippen LogP contribution in [0.15, 0.2) is 36.4 Å². The number of benzene rings is 2. The number of halogens is 4. The first-order valence-corrected chi connectivity index (χ1v) is 8.44. The Kier molecular flexibility index (Phi) is 4.96. The number of fused-ring (bicyclic) bond motifs is 1. The fourth-order valence-corrected chi connectivity index (χ4v) is 3.53. The highest BCUT2D eigenvalue weighted by atomic mass is 35.5. The minimum absolute atomic E-state index is 0.0599. The monoisotopic (exact) mass is 399 g/mol. The minimum Gasteiger partial charge on any atom is -0.391 e. The number of nitrogens with two attached hydrogens (primary N) is 1. The first kappa shape index (κ1) is 19.3. The summed E-state index contributed by atoms with van der Waals surface area (Å²) in [6, 6.07) is 7.29. The van der Waals surface area contributed by atoms with Gasteiger partial charge in [0, 0.05) is 31.3 Å². The lowest BCUT2D eigenvalue weighted by Crippen LogP contribution is -2.38. The number of likely N-dealkylation sites (N-methyl/N-ethyl adjacent to an activating group) is 1. The quantitative estimate of drug-likeness (QED) is 0.804. The second-order valence-corrected chi connectivity index (χ2v) is 6.76. The molecule has 2 aromatic rings. The SMILES string of the molecule is CN1CC(O)Cc2c1cccc2N(C(N)=O)c1ccc(Cl)c(C(F)(F)F)c1. The number of nitrogens with zero attached hydrogens (tertiary/aromatic N) is 2. The smallest absolute Gasteiger partial charge is 0.391 e. The van der Waals surface area contributed by atoms with Gasteiger partial charge in [-0.25, -0.2) is 4.79 Å². The zero-order valence-corrected chi connectivity index (χ0v) is 15.1. The maximum atomic E-state index is 13.2. The summed E-state index contributed by atoms with van der Waals surface area (Å²) in [5, 5.41) is 9.61. The number of carbonyl (C=O) groups is 1. The number of carbonyl (C=O) groups excluding carboxylic acids is 1. The van der Waals surface area contributed by atoms with Crippen molar-refractivity contribution in [1.29, 1.82) is 0 Å². The fraction of sp³-hybridized carbons (Fsp3) is 0.278. The molecule has 2 amide bonds. The van der Waals surface area contributed by atoms with Crippen LogP contribution in [0.3, 0.4) is 0 Å². The van der Waals surface area contributed by atoms with E-state index in [4.69, 9.17) is 17.3 Å². The van der Waals surface area contributed by atoms with Crippen molar-refractivity contribution in [3.8, 4) is 0 Å². The lowest BCUT2D eigenvalue weighted by atomic mass is 9.97. The molecule has 3 N–H and O–H groups in total. The van der Waals surface area contributed by atoms with Crippen molar-refractivity contribution in [3.63, 3.8) is 0 Å². The maximum Gasteiger partial charge on any atom is 0.417 e. The zero-order chi connectivity index (χ0) is 19.9. The molecule has 0 saturated carbocycles. The third-order valence-electron chi connectivity index (χ3n) is 4.44. The summed E-state index contributed by atoms with van der Waals surface area (Å²) >= 11 is 5.67. The predicted octanol–water partition coefficient (Wildman–Crippen LogP) is 3.93. The molecule has 0 radical (unpaired) electrons. The van der Waals surface area contributed by atoms with Crippen LogP contribution in [-0.4, -0.2) is 30.8 Å². The van der Waals surface area contributed by atoms with Crippen LogP contribution in [0.5, 0.6) is 0 Å². The summed E-state index contributed by atoms with van der Waals surface area (Å²) in [6.07, 6.45) is -5.10. The number of hydrogen-bond donors (Lipinski definition) is 2. The van der Waals surface area contributed by atoms with E-state index in [-0.39, 0.29) is 12.1 Å². The molecule has 1 aliphatic rings. The van der Waals surface area contributed by atoms with E-state index in [9.17, 15) is 23.1 Å². The number of urea groups is 1. The van der Waals surface area contributed by atoms with E-state index in [1.165, 1.54) is 6.07 Å². The van der Waals surface area contributed by atoms with Crippen LogP contribution in [0.1, 0.15) is 11.1 Å². The second kappa shape index (κ2) is 6.94. The van der Waals surface area contributed by atoms with Crippen molar-refractivity contribution < 1.29 is 23.1 Å². The molecule has 1 aliphatic heterocycles. The van der Waals surface area contributed by atoms with Gasteiger partial charge in [0.15, 0.2) is 0 Å².